The Morgan fingerprint density at radius 1 is 1.04 bits per heavy atom. The summed E-state index contributed by atoms with van der Waals surface area (Å²) in [6.45, 7) is 4.55. The summed E-state index contributed by atoms with van der Waals surface area (Å²) >= 11 is 0. The Morgan fingerprint density at radius 2 is 1.78 bits per heavy atom. The van der Waals surface area contributed by atoms with E-state index in [4.69, 9.17) is 0 Å². The van der Waals surface area contributed by atoms with E-state index in [1.54, 1.807) is 21.8 Å². The van der Waals surface area contributed by atoms with E-state index in [9.17, 15) is 4.79 Å². The van der Waals surface area contributed by atoms with Crippen molar-refractivity contribution in [2.75, 3.05) is 0 Å². The summed E-state index contributed by atoms with van der Waals surface area (Å²) < 4.78 is 3.32. The molecule has 2 aromatic heterocycles. The van der Waals surface area contributed by atoms with Gasteiger partial charge in [0.15, 0.2) is 5.65 Å². The molecule has 134 valence electrons. The third-order valence-electron chi connectivity index (χ3n) is 4.42. The zero-order chi connectivity index (χ0) is 18.8. The van der Waals surface area contributed by atoms with Gasteiger partial charge in [-0.25, -0.2) is 9.67 Å². The first kappa shape index (κ1) is 17.0. The summed E-state index contributed by atoms with van der Waals surface area (Å²) in [5, 5.41) is 4.92. The van der Waals surface area contributed by atoms with E-state index in [-0.39, 0.29) is 5.56 Å². The third-order valence-corrected chi connectivity index (χ3v) is 4.42. The highest BCUT2D eigenvalue weighted by atomic mass is 16.1. The lowest BCUT2D eigenvalue weighted by Crippen LogP contribution is -2.19. The van der Waals surface area contributed by atoms with Gasteiger partial charge in [-0.05, 0) is 42.7 Å². The molecular formula is C22H20N4O. The number of benzene rings is 2. The van der Waals surface area contributed by atoms with Crippen molar-refractivity contribution in [3.8, 4) is 5.69 Å². The minimum Gasteiger partial charge on any atom is -0.295 e. The Bertz CT molecular complexity index is 1170. The van der Waals surface area contributed by atoms with E-state index in [0.29, 0.717) is 17.6 Å². The summed E-state index contributed by atoms with van der Waals surface area (Å²) in [7, 11) is 0. The molecule has 4 rings (SSSR count). The summed E-state index contributed by atoms with van der Waals surface area (Å²) in [6, 6.07) is 16.2. The monoisotopic (exact) mass is 356 g/mol. The van der Waals surface area contributed by atoms with Crippen LogP contribution in [0.15, 0.2) is 71.9 Å². The Hall–Kier alpha value is -3.47. The van der Waals surface area contributed by atoms with E-state index in [1.807, 2.05) is 68.5 Å². The summed E-state index contributed by atoms with van der Waals surface area (Å²) in [4.78, 5) is 17.3. The van der Waals surface area contributed by atoms with Gasteiger partial charge < -0.3 is 0 Å². The van der Waals surface area contributed by atoms with Crippen molar-refractivity contribution in [2.45, 2.75) is 20.4 Å². The van der Waals surface area contributed by atoms with Crippen molar-refractivity contribution in [1.29, 1.82) is 0 Å². The van der Waals surface area contributed by atoms with Crippen LogP contribution in [-0.4, -0.2) is 19.3 Å². The number of rotatable bonds is 4. The lowest BCUT2D eigenvalue weighted by Gasteiger charge is -2.07. The molecule has 4 aromatic rings. The fourth-order valence-corrected chi connectivity index (χ4v) is 3.21. The molecule has 0 saturated carbocycles. The van der Waals surface area contributed by atoms with Gasteiger partial charge in [-0.3, -0.25) is 9.36 Å². The summed E-state index contributed by atoms with van der Waals surface area (Å²) in [6.07, 6.45) is 7.13. The largest absolute Gasteiger partial charge is 0.295 e. The molecular weight excluding hydrogens is 336 g/mol. The molecule has 2 aromatic carbocycles. The maximum Gasteiger partial charge on any atom is 0.264 e. The van der Waals surface area contributed by atoms with Gasteiger partial charge in [0.1, 0.15) is 11.7 Å². The van der Waals surface area contributed by atoms with Gasteiger partial charge in [0.25, 0.3) is 5.56 Å². The van der Waals surface area contributed by atoms with Crippen LogP contribution in [0, 0.1) is 13.8 Å². The molecule has 27 heavy (non-hydrogen) atoms. The van der Waals surface area contributed by atoms with Crippen LogP contribution in [0.4, 0.5) is 0 Å². The number of nitrogens with zero attached hydrogens (tertiary/aromatic N) is 4. The van der Waals surface area contributed by atoms with Crippen molar-refractivity contribution < 1.29 is 0 Å². The van der Waals surface area contributed by atoms with Crippen LogP contribution in [-0.2, 0) is 6.54 Å². The van der Waals surface area contributed by atoms with E-state index >= 15 is 0 Å². The maximum absolute atomic E-state index is 12.8. The number of hydrogen-bond donors (Lipinski definition) is 0. The van der Waals surface area contributed by atoms with Crippen molar-refractivity contribution in [2.24, 2.45) is 0 Å². The fraction of sp³-hybridized carbons (Fsp3) is 0.136. The van der Waals surface area contributed by atoms with Gasteiger partial charge >= 0.3 is 0 Å². The molecule has 0 fully saturated rings. The van der Waals surface area contributed by atoms with Gasteiger partial charge in [-0.2, -0.15) is 5.10 Å². The van der Waals surface area contributed by atoms with Crippen LogP contribution in [0.25, 0.3) is 22.8 Å². The molecule has 5 nitrogen and oxygen atoms in total. The second-order valence-corrected chi connectivity index (χ2v) is 6.65. The number of aromatic nitrogens is 4. The molecule has 0 unspecified atom stereocenters. The first-order valence-electron chi connectivity index (χ1n) is 8.85. The molecule has 0 aliphatic carbocycles. The topological polar surface area (TPSA) is 52.7 Å². The molecule has 0 radical (unpaired) electrons. The van der Waals surface area contributed by atoms with Crippen molar-refractivity contribution in [3.63, 3.8) is 0 Å². The number of allylic oxidation sites excluding steroid dienone is 1. The third kappa shape index (κ3) is 3.44. The summed E-state index contributed by atoms with van der Waals surface area (Å²) in [5.41, 5.74) is 4.79. The maximum atomic E-state index is 12.8. The lowest BCUT2D eigenvalue weighted by molar-refractivity contribution is 0.765. The Labute approximate surface area is 157 Å². The highest BCUT2D eigenvalue weighted by molar-refractivity contribution is 5.75. The molecule has 0 N–H and O–H groups in total. The first-order chi connectivity index (χ1) is 13.1. The highest BCUT2D eigenvalue weighted by Gasteiger charge is 2.11. The number of hydrogen-bond acceptors (Lipinski definition) is 3. The van der Waals surface area contributed by atoms with Gasteiger partial charge in [-0.15, -0.1) is 0 Å². The Balaban J connectivity index is 1.67. The van der Waals surface area contributed by atoms with Crippen LogP contribution in [0.2, 0.25) is 0 Å². The highest BCUT2D eigenvalue weighted by Crippen LogP contribution is 2.17. The van der Waals surface area contributed by atoms with Crippen LogP contribution in [0.3, 0.4) is 0 Å². The Morgan fingerprint density at radius 3 is 2.52 bits per heavy atom. The molecule has 2 heterocycles. The van der Waals surface area contributed by atoms with Crippen molar-refractivity contribution in [1.82, 2.24) is 19.3 Å². The van der Waals surface area contributed by atoms with Gasteiger partial charge in [0.05, 0.1) is 11.9 Å². The van der Waals surface area contributed by atoms with E-state index in [2.05, 4.69) is 16.1 Å². The van der Waals surface area contributed by atoms with Crippen LogP contribution >= 0.6 is 0 Å². The quantitative estimate of drug-likeness (QED) is 0.557. The normalized spacial score (nSPS) is 11.5. The van der Waals surface area contributed by atoms with Crippen LogP contribution in [0.1, 0.15) is 16.7 Å². The molecule has 0 atom stereocenters. The Kier molecular flexibility index (Phi) is 4.42. The van der Waals surface area contributed by atoms with Gasteiger partial charge in [0, 0.05) is 6.54 Å². The van der Waals surface area contributed by atoms with Crippen molar-refractivity contribution >= 4 is 17.1 Å². The predicted molar refractivity (Wildman–Crippen MR) is 108 cm³/mol. The SMILES string of the molecule is Cc1cc(C)cc(-n2ncc3c(=O)n(C/C=C/c4ccccc4)cnc32)c1. The van der Waals surface area contributed by atoms with Gasteiger partial charge in [-0.1, -0.05) is 48.6 Å². The van der Waals surface area contributed by atoms with Crippen LogP contribution in [0.5, 0.6) is 0 Å². The van der Waals surface area contributed by atoms with E-state index < -0.39 is 0 Å². The summed E-state index contributed by atoms with van der Waals surface area (Å²) in [5.74, 6) is 0. The van der Waals surface area contributed by atoms with Crippen molar-refractivity contribution in [3.05, 3.63) is 94.2 Å². The average molecular weight is 356 g/mol. The molecule has 0 spiro atoms. The lowest BCUT2D eigenvalue weighted by atomic mass is 10.1. The molecule has 0 aliphatic rings. The minimum absolute atomic E-state index is 0.0895. The predicted octanol–water partition coefficient (Wildman–Crippen LogP) is 3.91. The number of fused-ring (bicyclic) bond motifs is 1. The van der Waals surface area contributed by atoms with E-state index in [0.717, 1.165) is 22.4 Å². The average Bonchev–Trinajstić information content (AvgIpc) is 3.09. The molecule has 0 aliphatic heterocycles. The smallest absolute Gasteiger partial charge is 0.264 e. The van der Waals surface area contributed by atoms with Gasteiger partial charge in [0.2, 0.25) is 0 Å². The molecule has 0 amide bonds. The standard InChI is InChI=1S/C22H20N4O/c1-16-11-17(2)13-19(12-16)26-21-20(14-24-26)22(27)25(15-23-21)10-6-9-18-7-4-3-5-8-18/h3-9,11-15H,10H2,1-2H3/b9-6+. The number of aryl methyl sites for hydroxylation is 2. The van der Waals surface area contributed by atoms with Crippen LogP contribution < -0.4 is 5.56 Å². The second kappa shape index (κ2) is 7.03. The molecule has 0 saturated heterocycles. The zero-order valence-corrected chi connectivity index (χ0v) is 15.3. The molecule has 0 bridgehead atoms. The van der Waals surface area contributed by atoms with E-state index in [1.165, 1.54) is 0 Å². The first-order valence-corrected chi connectivity index (χ1v) is 8.85. The fourth-order valence-electron chi connectivity index (χ4n) is 3.21. The zero-order valence-electron chi connectivity index (χ0n) is 15.3. The minimum atomic E-state index is -0.0895. The molecule has 5 heteroatoms. The second-order valence-electron chi connectivity index (χ2n) is 6.65.